The minimum absolute atomic E-state index is 0.336. The van der Waals surface area contributed by atoms with Gasteiger partial charge in [0, 0.05) is 18.6 Å². The third-order valence-corrected chi connectivity index (χ3v) is 1.38. The van der Waals surface area contributed by atoms with Crippen LogP contribution in [0.5, 0.6) is 0 Å². The summed E-state index contributed by atoms with van der Waals surface area (Å²) in [7, 11) is 0. The van der Waals surface area contributed by atoms with Crippen LogP contribution in [0.1, 0.15) is 0 Å². The molecule has 12 heavy (non-hydrogen) atoms. The van der Waals surface area contributed by atoms with Crippen LogP contribution >= 0.6 is 0 Å². The Morgan fingerprint density at radius 1 is 1.08 bits per heavy atom. The van der Waals surface area contributed by atoms with Gasteiger partial charge in [0.2, 0.25) is 0 Å². The second-order valence-corrected chi connectivity index (χ2v) is 2.12. The van der Waals surface area contributed by atoms with Gasteiger partial charge in [-0.3, -0.25) is 4.79 Å². The fraction of sp³-hybridized carbons (Fsp3) is 0. The molecule has 0 aliphatic rings. The number of hydrogen-bond acceptors (Lipinski definition) is 5. The number of rotatable bonds is 0. The third-order valence-electron chi connectivity index (χ3n) is 1.38. The molecule has 2 aromatic heterocycles. The summed E-state index contributed by atoms with van der Waals surface area (Å²) in [5.74, 6) is 0. The van der Waals surface area contributed by atoms with Gasteiger partial charge in [-0.1, -0.05) is 0 Å². The van der Waals surface area contributed by atoms with Gasteiger partial charge in [-0.2, -0.15) is 0 Å². The lowest BCUT2D eigenvalue weighted by Crippen LogP contribution is -2.01. The summed E-state index contributed by atoms with van der Waals surface area (Å²) >= 11 is 0. The number of nitrogens with zero attached hydrogens (tertiary/aromatic N) is 4. The third kappa shape index (κ3) is 1.01. The Labute approximate surface area is 67.2 Å². The van der Waals surface area contributed by atoms with E-state index in [-0.39, 0.29) is 5.56 Å². The smallest absolute Gasteiger partial charge is 0.267 e. The zero-order valence-electron chi connectivity index (χ0n) is 6.01. The van der Waals surface area contributed by atoms with Crippen molar-refractivity contribution in [3.8, 4) is 0 Å². The summed E-state index contributed by atoms with van der Waals surface area (Å²) < 4.78 is 0. The van der Waals surface area contributed by atoms with Crippen LogP contribution < -0.4 is 5.56 Å². The standard InChI is InChI=1S/C7H4N4O/c12-7-5-3-8-4-11-6(5)9-1-2-10-7/h1-4H. The molecule has 0 fully saturated rings. The van der Waals surface area contributed by atoms with Crippen LogP contribution in [-0.2, 0) is 0 Å². The Morgan fingerprint density at radius 3 is 2.83 bits per heavy atom. The molecule has 0 aliphatic carbocycles. The molecule has 0 atom stereocenters. The first-order valence-electron chi connectivity index (χ1n) is 3.29. The molecule has 2 heterocycles. The molecule has 2 aromatic rings. The maximum absolute atomic E-state index is 11.1. The number of fused-ring (bicyclic) bond motifs is 1. The first-order valence-corrected chi connectivity index (χ1v) is 3.29. The second kappa shape index (κ2) is 2.61. The predicted molar refractivity (Wildman–Crippen MR) is 41.4 cm³/mol. The van der Waals surface area contributed by atoms with E-state index in [9.17, 15) is 4.79 Å². The van der Waals surface area contributed by atoms with Crippen LogP contribution in [0.4, 0.5) is 0 Å². The Kier molecular flexibility index (Phi) is 1.48. The van der Waals surface area contributed by atoms with E-state index in [2.05, 4.69) is 19.9 Å². The molecule has 0 amide bonds. The molecular formula is C7H4N4O. The number of aromatic nitrogens is 4. The van der Waals surface area contributed by atoms with Crippen molar-refractivity contribution in [1.82, 2.24) is 19.9 Å². The molecule has 0 bridgehead atoms. The molecule has 58 valence electrons. The average Bonchev–Trinajstić information content (AvgIpc) is 2.29. The molecule has 0 unspecified atom stereocenters. The molecule has 0 saturated carbocycles. The van der Waals surface area contributed by atoms with Gasteiger partial charge < -0.3 is 0 Å². The summed E-state index contributed by atoms with van der Waals surface area (Å²) in [6.07, 6.45) is 5.51. The van der Waals surface area contributed by atoms with Gasteiger partial charge >= 0.3 is 0 Å². The van der Waals surface area contributed by atoms with Gasteiger partial charge in [0.15, 0.2) is 5.65 Å². The van der Waals surface area contributed by atoms with Crippen molar-refractivity contribution in [3.63, 3.8) is 0 Å². The second-order valence-electron chi connectivity index (χ2n) is 2.12. The lowest BCUT2D eigenvalue weighted by molar-refractivity contribution is 1.19. The molecule has 0 spiro atoms. The highest BCUT2D eigenvalue weighted by Crippen LogP contribution is 1.95. The van der Waals surface area contributed by atoms with E-state index in [0.29, 0.717) is 11.0 Å². The maximum Gasteiger partial charge on any atom is 0.282 e. The molecule has 0 radical (unpaired) electrons. The van der Waals surface area contributed by atoms with Crippen LogP contribution in [0.15, 0.2) is 29.7 Å². The molecule has 0 aromatic carbocycles. The monoisotopic (exact) mass is 160 g/mol. The Morgan fingerprint density at radius 2 is 1.92 bits per heavy atom. The van der Waals surface area contributed by atoms with E-state index in [4.69, 9.17) is 0 Å². The van der Waals surface area contributed by atoms with Crippen molar-refractivity contribution in [2.24, 2.45) is 0 Å². The van der Waals surface area contributed by atoms with E-state index in [1.807, 2.05) is 0 Å². The first-order chi connectivity index (χ1) is 5.88. The van der Waals surface area contributed by atoms with E-state index >= 15 is 0 Å². The Bertz CT molecular complexity index is 470. The van der Waals surface area contributed by atoms with Crippen molar-refractivity contribution < 1.29 is 0 Å². The van der Waals surface area contributed by atoms with Gasteiger partial charge in [0.1, 0.15) is 11.7 Å². The minimum Gasteiger partial charge on any atom is -0.267 e. The topological polar surface area (TPSA) is 68.6 Å². The lowest BCUT2D eigenvalue weighted by atomic mass is 10.4. The summed E-state index contributed by atoms with van der Waals surface area (Å²) in [5.41, 5.74) is 0.00981. The van der Waals surface area contributed by atoms with Crippen LogP contribution in [0.2, 0.25) is 0 Å². The highest BCUT2D eigenvalue weighted by molar-refractivity contribution is 5.70. The van der Waals surface area contributed by atoms with Crippen LogP contribution in [0.25, 0.3) is 11.0 Å². The van der Waals surface area contributed by atoms with Crippen LogP contribution in [-0.4, -0.2) is 19.9 Å². The lowest BCUT2D eigenvalue weighted by Gasteiger charge is -1.83. The molecule has 0 N–H and O–H groups in total. The van der Waals surface area contributed by atoms with Crippen LogP contribution in [0, 0.1) is 0 Å². The van der Waals surface area contributed by atoms with E-state index in [1.165, 1.54) is 24.9 Å². The van der Waals surface area contributed by atoms with Crippen molar-refractivity contribution in [2.45, 2.75) is 0 Å². The Hall–Kier alpha value is -1.91. The predicted octanol–water partition coefficient (Wildman–Crippen LogP) is -0.220. The minimum atomic E-state index is -0.358. The van der Waals surface area contributed by atoms with Crippen molar-refractivity contribution >= 4 is 11.0 Å². The molecular weight excluding hydrogens is 156 g/mol. The van der Waals surface area contributed by atoms with Crippen molar-refractivity contribution in [2.75, 3.05) is 0 Å². The summed E-state index contributed by atoms with van der Waals surface area (Å²) in [5, 5.41) is 0.336. The number of hydrogen-bond donors (Lipinski definition) is 0. The fourth-order valence-corrected chi connectivity index (χ4v) is 0.851. The van der Waals surface area contributed by atoms with Gasteiger partial charge in [-0.25, -0.2) is 19.9 Å². The highest BCUT2D eigenvalue weighted by atomic mass is 16.1. The van der Waals surface area contributed by atoms with Gasteiger partial charge in [0.05, 0.1) is 0 Å². The van der Waals surface area contributed by atoms with Crippen molar-refractivity contribution in [3.05, 3.63) is 35.3 Å². The van der Waals surface area contributed by atoms with E-state index in [0.717, 1.165) is 0 Å². The highest BCUT2D eigenvalue weighted by Gasteiger charge is 1.96. The molecule has 2 rings (SSSR count). The first kappa shape index (κ1) is 6.78. The zero-order chi connectivity index (χ0) is 8.39. The molecule has 0 saturated heterocycles. The Balaban J connectivity index is 3.06. The normalized spacial score (nSPS) is 10.0. The summed E-state index contributed by atoms with van der Waals surface area (Å²) in [6.45, 7) is 0. The van der Waals surface area contributed by atoms with Gasteiger partial charge in [0.25, 0.3) is 5.56 Å². The van der Waals surface area contributed by atoms with E-state index < -0.39 is 0 Å². The molecule has 5 nitrogen and oxygen atoms in total. The summed E-state index contributed by atoms with van der Waals surface area (Å²) in [4.78, 5) is 26.1. The SMILES string of the molecule is O=c1nccnc2ncncc12. The van der Waals surface area contributed by atoms with Crippen molar-refractivity contribution in [1.29, 1.82) is 0 Å². The van der Waals surface area contributed by atoms with Crippen LogP contribution in [0.3, 0.4) is 0 Å². The molecule has 5 heteroatoms. The van der Waals surface area contributed by atoms with E-state index in [1.54, 1.807) is 0 Å². The van der Waals surface area contributed by atoms with Gasteiger partial charge in [-0.05, 0) is 0 Å². The maximum atomic E-state index is 11.1. The largest absolute Gasteiger partial charge is 0.282 e. The fourth-order valence-electron chi connectivity index (χ4n) is 0.851. The molecule has 0 aliphatic heterocycles. The summed E-state index contributed by atoms with van der Waals surface area (Å²) in [6, 6.07) is 0. The average molecular weight is 160 g/mol. The zero-order valence-corrected chi connectivity index (χ0v) is 6.01. The quantitative estimate of drug-likeness (QED) is 0.533. The van der Waals surface area contributed by atoms with Gasteiger partial charge in [-0.15, -0.1) is 0 Å².